The number of rotatable bonds is 0. The number of ketones is 1. The van der Waals surface area contributed by atoms with Crippen molar-refractivity contribution in [2.24, 2.45) is 40.4 Å². The summed E-state index contributed by atoms with van der Waals surface area (Å²) in [6, 6.07) is 0. The highest BCUT2D eigenvalue weighted by molar-refractivity contribution is 6.04. The van der Waals surface area contributed by atoms with Crippen LogP contribution < -0.4 is 0 Å². The lowest BCUT2D eigenvalue weighted by molar-refractivity contribution is -0.121. The van der Waals surface area contributed by atoms with Gasteiger partial charge in [-0.3, -0.25) is 4.79 Å². The zero-order valence-corrected chi connectivity index (χ0v) is 10.4. The van der Waals surface area contributed by atoms with E-state index in [0.717, 1.165) is 30.1 Å². The van der Waals surface area contributed by atoms with Crippen molar-refractivity contribution in [2.75, 3.05) is 0 Å². The fraction of sp³-hybridized carbons (Fsp3) is 0.688. The predicted molar refractivity (Wildman–Crippen MR) is 65.1 cm³/mol. The number of carbonyl (C=O) groups excluding carboxylic acids is 1. The molecule has 1 nitrogen and oxygen atoms in total. The Kier molecular flexibility index (Phi) is 1.18. The summed E-state index contributed by atoms with van der Waals surface area (Å²) in [5.74, 6) is 4.39. The number of hydrogen-bond acceptors (Lipinski definition) is 1. The molecule has 0 aliphatic heterocycles. The van der Waals surface area contributed by atoms with Gasteiger partial charge in [-0.25, -0.2) is 0 Å². The maximum atomic E-state index is 12.6. The van der Waals surface area contributed by atoms with Crippen LogP contribution >= 0.6 is 0 Å². The highest BCUT2D eigenvalue weighted by Gasteiger charge is 2.77. The van der Waals surface area contributed by atoms with Crippen LogP contribution in [0.5, 0.6) is 0 Å². The normalized spacial score (nSPS) is 59.1. The largest absolute Gasteiger partial charge is 0.294 e. The van der Waals surface area contributed by atoms with Gasteiger partial charge >= 0.3 is 0 Å². The molecule has 0 radical (unpaired) electrons. The molecule has 6 bridgehead atoms. The van der Waals surface area contributed by atoms with Crippen molar-refractivity contribution >= 4 is 5.78 Å². The molecule has 1 spiro atoms. The molecule has 3 fully saturated rings. The minimum atomic E-state index is -0.0958. The van der Waals surface area contributed by atoms with Gasteiger partial charge in [-0.05, 0) is 48.0 Å². The van der Waals surface area contributed by atoms with E-state index in [4.69, 9.17) is 0 Å². The highest BCUT2D eigenvalue weighted by Crippen LogP contribution is 2.81. The van der Waals surface area contributed by atoms with Gasteiger partial charge < -0.3 is 0 Å². The third kappa shape index (κ3) is 0.724. The topological polar surface area (TPSA) is 17.1 Å². The standard InChI is InChI=1S/C16H18O/c1-15(2)7-16-11-6-10-9(13(10)16)4-3-8(11)5-12(16)14(15)17/h3-5,8-11,13H,6-7H2,1-2H3/t8-,9-,10+,11-,13+,16-/m0/s1. The second kappa shape index (κ2) is 2.20. The van der Waals surface area contributed by atoms with Crippen molar-refractivity contribution in [3.63, 3.8) is 0 Å². The van der Waals surface area contributed by atoms with Crippen LogP contribution in [-0.4, -0.2) is 5.78 Å². The quantitative estimate of drug-likeness (QED) is 0.580. The van der Waals surface area contributed by atoms with Crippen molar-refractivity contribution in [2.45, 2.75) is 26.7 Å². The van der Waals surface area contributed by atoms with E-state index >= 15 is 0 Å². The summed E-state index contributed by atoms with van der Waals surface area (Å²) < 4.78 is 0. The summed E-state index contributed by atoms with van der Waals surface area (Å²) in [5, 5.41) is 0. The van der Waals surface area contributed by atoms with Crippen molar-refractivity contribution in [1.82, 2.24) is 0 Å². The molecule has 0 N–H and O–H groups in total. The first-order chi connectivity index (χ1) is 8.06. The number of carbonyl (C=O) groups is 1. The highest BCUT2D eigenvalue weighted by atomic mass is 16.1. The number of allylic oxidation sites excluding steroid dienone is 4. The first-order valence-electron chi connectivity index (χ1n) is 7.01. The monoisotopic (exact) mass is 226 g/mol. The average molecular weight is 226 g/mol. The molecule has 0 heterocycles. The van der Waals surface area contributed by atoms with Crippen molar-refractivity contribution in [3.05, 3.63) is 23.8 Å². The molecular weight excluding hydrogens is 208 g/mol. The van der Waals surface area contributed by atoms with E-state index in [-0.39, 0.29) is 5.41 Å². The van der Waals surface area contributed by atoms with Gasteiger partial charge in [-0.1, -0.05) is 32.1 Å². The van der Waals surface area contributed by atoms with E-state index in [1.54, 1.807) is 0 Å². The SMILES string of the molecule is CC1(C)C[C@@]23C(=C[C@@H]4C=C[C@H]5[C@@H](C[C@@H]42)[C@@H]53)C1=O. The number of hydrogen-bond donors (Lipinski definition) is 0. The minimum Gasteiger partial charge on any atom is -0.294 e. The molecule has 6 rings (SSSR count). The van der Waals surface area contributed by atoms with Crippen LogP contribution in [0.15, 0.2) is 23.8 Å². The van der Waals surface area contributed by atoms with E-state index < -0.39 is 0 Å². The Balaban J connectivity index is 1.79. The molecule has 1 heteroatoms. The fourth-order valence-corrected chi connectivity index (χ4v) is 6.04. The fourth-order valence-electron chi connectivity index (χ4n) is 6.04. The van der Waals surface area contributed by atoms with Crippen LogP contribution in [0.4, 0.5) is 0 Å². The van der Waals surface area contributed by atoms with E-state index in [9.17, 15) is 4.79 Å². The molecule has 3 saturated carbocycles. The molecule has 0 saturated heterocycles. The Morgan fingerprint density at radius 2 is 2.12 bits per heavy atom. The smallest absolute Gasteiger partial charge is 0.164 e. The zero-order valence-electron chi connectivity index (χ0n) is 10.4. The summed E-state index contributed by atoms with van der Waals surface area (Å²) >= 11 is 0. The third-order valence-electron chi connectivity index (χ3n) is 6.49. The molecule has 6 aliphatic carbocycles. The Morgan fingerprint density at radius 3 is 2.94 bits per heavy atom. The van der Waals surface area contributed by atoms with Gasteiger partial charge in [0.2, 0.25) is 0 Å². The summed E-state index contributed by atoms with van der Waals surface area (Å²) in [6.07, 6.45) is 9.73. The van der Waals surface area contributed by atoms with Gasteiger partial charge in [-0.2, -0.15) is 0 Å². The van der Waals surface area contributed by atoms with E-state index in [2.05, 4.69) is 32.1 Å². The third-order valence-corrected chi connectivity index (χ3v) is 6.49. The van der Waals surface area contributed by atoms with Crippen LogP contribution in [-0.2, 0) is 4.79 Å². The Labute approximate surface area is 102 Å². The van der Waals surface area contributed by atoms with Crippen molar-refractivity contribution in [1.29, 1.82) is 0 Å². The molecular formula is C16H18O. The Bertz CT molecular complexity index is 524. The molecule has 0 unspecified atom stereocenters. The van der Waals surface area contributed by atoms with E-state index in [1.807, 2.05) is 0 Å². The maximum absolute atomic E-state index is 12.6. The molecule has 6 aliphatic rings. The summed E-state index contributed by atoms with van der Waals surface area (Å²) in [6.45, 7) is 4.32. The first-order valence-corrected chi connectivity index (χ1v) is 7.01. The van der Waals surface area contributed by atoms with Crippen LogP contribution in [0.25, 0.3) is 0 Å². The zero-order chi connectivity index (χ0) is 11.6. The lowest BCUT2D eigenvalue weighted by Gasteiger charge is -2.33. The molecule has 17 heavy (non-hydrogen) atoms. The summed E-state index contributed by atoms with van der Waals surface area (Å²) in [7, 11) is 0. The lowest BCUT2D eigenvalue weighted by atomic mass is 9.69. The Morgan fingerprint density at radius 1 is 1.29 bits per heavy atom. The minimum absolute atomic E-state index is 0.0958. The van der Waals surface area contributed by atoms with Crippen LogP contribution in [0, 0.1) is 40.4 Å². The van der Waals surface area contributed by atoms with Gasteiger partial charge in [0.25, 0.3) is 0 Å². The molecule has 0 aromatic heterocycles. The van der Waals surface area contributed by atoms with Gasteiger partial charge in [0.1, 0.15) is 0 Å². The van der Waals surface area contributed by atoms with Crippen molar-refractivity contribution < 1.29 is 4.79 Å². The van der Waals surface area contributed by atoms with Crippen LogP contribution in [0.1, 0.15) is 26.7 Å². The molecule has 6 atom stereocenters. The van der Waals surface area contributed by atoms with Gasteiger partial charge in [0, 0.05) is 10.8 Å². The second-order valence-corrected chi connectivity index (χ2v) is 7.58. The van der Waals surface area contributed by atoms with E-state index in [1.165, 1.54) is 12.0 Å². The Hall–Kier alpha value is -0.850. The first kappa shape index (κ1) is 9.13. The summed E-state index contributed by atoms with van der Waals surface area (Å²) in [4.78, 5) is 12.6. The van der Waals surface area contributed by atoms with Crippen LogP contribution in [0.2, 0.25) is 0 Å². The number of Topliss-reactive ketones (excluding diaryl/α,β-unsaturated/α-hetero) is 1. The molecule has 88 valence electrons. The predicted octanol–water partition coefficient (Wildman–Crippen LogP) is 2.98. The van der Waals surface area contributed by atoms with Gasteiger partial charge in [0.05, 0.1) is 0 Å². The molecule has 0 aromatic rings. The van der Waals surface area contributed by atoms with Gasteiger partial charge in [-0.15, -0.1) is 0 Å². The van der Waals surface area contributed by atoms with Crippen LogP contribution in [0.3, 0.4) is 0 Å². The summed E-state index contributed by atoms with van der Waals surface area (Å²) in [5.41, 5.74) is 1.46. The maximum Gasteiger partial charge on any atom is 0.164 e. The lowest BCUT2D eigenvalue weighted by Crippen LogP contribution is -2.28. The van der Waals surface area contributed by atoms with E-state index in [0.29, 0.717) is 17.1 Å². The van der Waals surface area contributed by atoms with Gasteiger partial charge in [0.15, 0.2) is 5.78 Å². The second-order valence-electron chi connectivity index (χ2n) is 7.58. The molecule has 0 amide bonds. The molecule has 0 aromatic carbocycles. The van der Waals surface area contributed by atoms with Crippen molar-refractivity contribution in [3.8, 4) is 0 Å². The average Bonchev–Trinajstić information content (AvgIpc) is 2.74.